The molecule has 2 aliphatic heterocycles. The van der Waals surface area contributed by atoms with Gasteiger partial charge in [0.1, 0.15) is 36.6 Å². The van der Waals surface area contributed by atoms with E-state index in [0.29, 0.717) is 12.8 Å². The largest absolute Gasteiger partial charge is 0.455 e. The summed E-state index contributed by atoms with van der Waals surface area (Å²) in [6, 6.07) is 0. The van der Waals surface area contributed by atoms with Crippen molar-refractivity contribution in [2.75, 3.05) is 13.2 Å². The zero-order valence-electron chi connectivity index (χ0n) is 44.3. The van der Waals surface area contributed by atoms with Crippen molar-refractivity contribution in [2.45, 2.75) is 320 Å². The second kappa shape index (κ2) is 41.0. The number of esters is 2. The number of aliphatic hydroxyl groups is 6. The molecule has 0 aliphatic carbocycles. The summed E-state index contributed by atoms with van der Waals surface area (Å²) in [5.74, 6) is -1.57. The molecule has 0 amide bonds. The number of hydrogen-bond acceptors (Lipinski definition) is 13. The van der Waals surface area contributed by atoms with Gasteiger partial charge in [-0.05, 0) is 18.8 Å². The lowest BCUT2D eigenvalue weighted by atomic mass is 9.92. The van der Waals surface area contributed by atoms with E-state index in [-0.39, 0.29) is 12.3 Å². The summed E-state index contributed by atoms with van der Waals surface area (Å²) in [6.45, 7) is 6.99. The number of rotatable bonds is 44. The topological polar surface area (TPSA) is 202 Å². The third kappa shape index (κ3) is 28.0. The van der Waals surface area contributed by atoms with Crippen LogP contribution in [-0.2, 0) is 33.3 Å². The molecular formula is C56H106O13. The lowest BCUT2D eigenvalue weighted by molar-refractivity contribution is -0.377. The molecule has 408 valence electrons. The van der Waals surface area contributed by atoms with Gasteiger partial charge in [0, 0.05) is 6.42 Å². The molecular weight excluding hydrogens is 881 g/mol. The number of carbonyl (C=O) groups excluding carboxylic acids is 2. The summed E-state index contributed by atoms with van der Waals surface area (Å²) >= 11 is 0. The Morgan fingerprint density at radius 2 is 0.826 bits per heavy atom. The summed E-state index contributed by atoms with van der Waals surface area (Å²) in [7, 11) is 0. The predicted octanol–water partition coefficient (Wildman–Crippen LogP) is 11.1. The monoisotopic (exact) mass is 987 g/mol. The maximum Gasteiger partial charge on any atom is 0.309 e. The van der Waals surface area contributed by atoms with E-state index >= 15 is 0 Å². The number of ether oxygens (including phenoxy) is 5. The third-order valence-electron chi connectivity index (χ3n) is 14.6. The molecule has 6 N–H and O–H groups in total. The van der Waals surface area contributed by atoms with Gasteiger partial charge in [-0.1, -0.05) is 240 Å². The van der Waals surface area contributed by atoms with Gasteiger partial charge < -0.3 is 54.3 Å². The third-order valence-corrected chi connectivity index (χ3v) is 14.6. The van der Waals surface area contributed by atoms with Gasteiger partial charge in [0.15, 0.2) is 18.5 Å². The Balaban J connectivity index is 1.85. The Bertz CT molecular complexity index is 1220. The van der Waals surface area contributed by atoms with E-state index in [1.54, 1.807) is 6.92 Å². The molecule has 12 atom stereocenters. The molecule has 4 unspecified atom stereocenters. The van der Waals surface area contributed by atoms with E-state index in [4.69, 9.17) is 23.7 Å². The van der Waals surface area contributed by atoms with Crippen molar-refractivity contribution in [3.8, 4) is 0 Å². The molecule has 0 aromatic carbocycles. The standard InChI is InChI=1S/C56H106O13/c1-5-7-9-11-13-15-17-19-21-23-24-26-28-30-32-34-36-38-43(3)40-44(4)54(64)68-52-49(61)46(42-58)66-56(69-55-51(63)50(62)48(60)45(41-57)65-55)53(52)67-47(59)39-37-35-33-31-29-27-25-22-20-18-16-14-12-10-8-6-2/h43-46,48-53,55-58,60-63H,5-42H2,1-4H3/t43-,44-,45?,46?,48+,49+,50?,51-,52?,53+,55+,56+/m0/s1. The van der Waals surface area contributed by atoms with Gasteiger partial charge in [-0.3, -0.25) is 9.59 Å². The summed E-state index contributed by atoms with van der Waals surface area (Å²) in [6.07, 6.45) is 27.2. The Labute approximate surface area is 419 Å². The minimum absolute atomic E-state index is 0.0508. The van der Waals surface area contributed by atoms with Crippen molar-refractivity contribution in [3.63, 3.8) is 0 Å². The van der Waals surface area contributed by atoms with Crippen molar-refractivity contribution in [2.24, 2.45) is 11.8 Å². The Kier molecular flexibility index (Phi) is 37.8. The van der Waals surface area contributed by atoms with Gasteiger partial charge in [0.25, 0.3) is 0 Å². The van der Waals surface area contributed by atoms with Crippen LogP contribution in [0.1, 0.15) is 259 Å². The van der Waals surface area contributed by atoms with Crippen LogP contribution in [0, 0.1) is 11.8 Å². The normalized spacial score (nSPS) is 25.9. The van der Waals surface area contributed by atoms with Crippen molar-refractivity contribution in [1.82, 2.24) is 0 Å². The molecule has 69 heavy (non-hydrogen) atoms. The fourth-order valence-electron chi connectivity index (χ4n) is 10.0. The molecule has 13 heteroatoms. The Morgan fingerprint density at radius 1 is 0.449 bits per heavy atom. The fourth-order valence-corrected chi connectivity index (χ4v) is 10.0. The first kappa shape index (κ1) is 63.7. The van der Waals surface area contributed by atoms with Crippen LogP contribution >= 0.6 is 0 Å². The van der Waals surface area contributed by atoms with Gasteiger partial charge in [-0.2, -0.15) is 0 Å². The van der Waals surface area contributed by atoms with Crippen LogP contribution in [0.15, 0.2) is 0 Å². The number of hydrogen-bond donors (Lipinski definition) is 6. The van der Waals surface area contributed by atoms with E-state index in [2.05, 4.69) is 20.8 Å². The zero-order valence-corrected chi connectivity index (χ0v) is 44.3. The van der Waals surface area contributed by atoms with Crippen LogP contribution in [0.25, 0.3) is 0 Å². The molecule has 2 fully saturated rings. The highest BCUT2D eigenvalue weighted by Crippen LogP contribution is 2.33. The summed E-state index contributed by atoms with van der Waals surface area (Å²) in [5, 5.41) is 63.0. The van der Waals surface area contributed by atoms with Crippen LogP contribution in [0.2, 0.25) is 0 Å². The van der Waals surface area contributed by atoms with Crippen molar-refractivity contribution < 1.29 is 63.9 Å². The minimum Gasteiger partial charge on any atom is -0.455 e. The van der Waals surface area contributed by atoms with Crippen LogP contribution in [0.4, 0.5) is 0 Å². The highest BCUT2D eigenvalue weighted by Gasteiger charge is 2.53. The number of unbranched alkanes of at least 4 members (excludes halogenated alkanes) is 31. The first-order chi connectivity index (χ1) is 33.5. The van der Waals surface area contributed by atoms with Crippen molar-refractivity contribution in [1.29, 1.82) is 0 Å². The molecule has 2 saturated heterocycles. The number of aliphatic hydroxyl groups excluding tert-OH is 6. The highest BCUT2D eigenvalue weighted by atomic mass is 16.8. The quantitative estimate of drug-likeness (QED) is 0.0249. The first-order valence-corrected chi connectivity index (χ1v) is 28.8. The molecule has 0 aromatic heterocycles. The average Bonchev–Trinajstić information content (AvgIpc) is 3.34. The molecule has 0 saturated carbocycles. The molecule has 0 bridgehead atoms. The van der Waals surface area contributed by atoms with Crippen molar-refractivity contribution >= 4 is 11.9 Å². The predicted molar refractivity (Wildman–Crippen MR) is 272 cm³/mol. The van der Waals surface area contributed by atoms with Crippen molar-refractivity contribution in [3.05, 3.63) is 0 Å². The molecule has 0 spiro atoms. The summed E-state index contributed by atoms with van der Waals surface area (Å²) in [5.41, 5.74) is 0. The Hall–Kier alpha value is -1.42. The summed E-state index contributed by atoms with van der Waals surface area (Å²) in [4.78, 5) is 27.2. The minimum atomic E-state index is -1.81. The smallest absolute Gasteiger partial charge is 0.309 e. The SMILES string of the molecule is CCCCCCCCCCCCCCCCCCC[C@H](C)C[C@H](C)C(=O)OC1[C@H](O)C(CO)O[C@H](O[C@H]2OC(CO)[C@@H](O)C(O)[C@@H]2O)[C@@H]1OC(=O)CCCCCCCCCCCCCCCCCC. The number of carbonyl (C=O) groups is 2. The van der Waals surface area contributed by atoms with E-state index < -0.39 is 92.5 Å². The maximum absolute atomic E-state index is 13.7. The van der Waals surface area contributed by atoms with E-state index in [1.165, 1.54) is 167 Å². The second-order valence-electron chi connectivity index (χ2n) is 21.1. The fraction of sp³-hybridized carbons (Fsp3) is 0.964. The average molecular weight is 987 g/mol. The zero-order chi connectivity index (χ0) is 50.5. The lowest BCUT2D eigenvalue weighted by Gasteiger charge is -2.46. The van der Waals surface area contributed by atoms with E-state index in [9.17, 15) is 40.2 Å². The Morgan fingerprint density at radius 3 is 1.25 bits per heavy atom. The maximum atomic E-state index is 13.7. The van der Waals surface area contributed by atoms with Gasteiger partial charge in [-0.15, -0.1) is 0 Å². The van der Waals surface area contributed by atoms with Gasteiger partial charge in [0.05, 0.1) is 19.1 Å². The second-order valence-corrected chi connectivity index (χ2v) is 21.1. The van der Waals surface area contributed by atoms with Crippen LogP contribution in [0.5, 0.6) is 0 Å². The van der Waals surface area contributed by atoms with Gasteiger partial charge in [-0.25, -0.2) is 0 Å². The molecule has 0 aromatic rings. The van der Waals surface area contributed by atoms with Crippen LogP contribution < -0.4 is 0 Å². The van der Waals surface area contributed by atoms with Crippen LogP contribution in [-0.4, -0.2) is 117 Å². The van der Waals surface area contributed by atoms with E-state index in [0.717, 1.165) is 44.9 Å². The van der Waals surface area contributed by atoms with Crippen LogP contribution in [0.3, 0.4) is 0 Å². The van der Waals surface area contributed by atoms with Gasteiger partial charge in [0.2, 0.25) is 6.29 Å². The molecule has 13 nitrogen and oxygen atoms in total. The summed E-state index contributed by atoms with van der Waals surface area (Å²) < 4.78 is 29.1. The van der Waals surface area contributed by atoms with Gasteiger partial charge >= 0.3 is 11.9 Å². The molecule has 2 aliphatic rings. The first-order valence-electron chi connectivity index (χ1n) is 28.8. The lowest BCUT2D eigenvalue weighted by Crippen LogP contribution is -2.65. The molecule has 0 radical (unpaired) electrons. The van der Waals surface area contributed by atoms with E-state index in [1.807, 2.05) is 0 Å². The molecule has 2 rings (SSSR count). The highest BCUT2D eigenvalue weighted by molar-refractivity contribution is 5.72. The molecule has 2 heterocycles.